The molecule has 2 amide bonds. The summed E-state index contributed by atoms with van der Waals surface area (Å²) in [7, 11) is 0. The first-order valence-electron chi connectivity index (χ1n) is 17.6. The normalized spacial score (nSPS) is 12.6. The Bertz CT molecular complexity index is 1680. The second-order valence-electron chi connectivity index (χ2n) is 13.6. The molecule has 0 radical (unpaired) electrons. The molecule has 4 rings (SSSR count). The number of carbonyl (C=O) groups is 3. The average Bonchev–Trinajstić information content (AvgIpc) is 3.62. The molecule has 0 bridgehead atoms. The van der Waals surface area contributed by atoms with Crippen LogP contribution in [0.2, 0.25) is 0 Å². The van der Waals surface area contributed by atoms with Crippen LogP contribution in [0.4, 0.5) is 0 Å². The first kappa shape index (κ1) is 38.2. The van der Waals surface area contributed by atoms with Gasteiger partial charge >= 0.3 is 5.97 Å². The Balaban J connectivity index is 1.42. The topological polar surface area (TPSA) is 131 Å². The number of ether oxygens (including phenoxy) is 1. The Kier molecular flexibility index (Phi) is 14.1. The van der Waals surface area contributed by atoms with E-state index in [4.69, 9.17) is 4.74 Å². The largest absolute Gasteiger partial charge is 0.494 e. The van der Waals surface area contributed by atoms with Gasteiger partial charge in [-0.15, -0.1) is 11.3 Å². The summed E-state index contributed by atoms with van der Waals surface area (Å²) in [5, 5.41) is 15.1. The first-order chi connectivity index (χ1) is 24.0. The Hall–Kier alpha value is -4.57. The smallest absolute Gasteiger partial charge is 0.326 e. The van der Waals surface area contributed by atoms with E-state index in [0.717, 1.165) is 45.9 Å². The van der Waals surface area contributed by atoms with Gasteiger partial charge in [0.05, 0.1) is 11.5 Å². The number of aromatic nitrogens is 2. The highest BCUT2D eigenvalue weighted by atomic mass is 32.1. The van der Waals surface area contributed by atoms with Crippen molar-refractivity contribution in [3.63, 3.8) is 0 Å². The SMILES string of the molecule is CCCCCCCOc1ccc(-c2cnc(-c3ccc(CC(NC(=O)c4ccc(C(C)(C)C)s4)C(=O)NC(CCC)C(=O)O)cc3)nc2)cc1. The number of aliphatic carboxylic acids is 1. The van der Waals surface area contributed by atoms with Crippen LogP contribution in [0.5, 0.6) is 5.75 Å². The molecule has 4 aromatic rings. The van der Waals surface area contributed by atoms with Gasteiger partial charge in [-0.25, -0.2) is 14.8 Å². The molecule has 266 valence electrons. The number of hydrogen-bond acceptors (Lipinski definition) is 7. The highest BCUT2D eigenvalue weighted by molar-refractivity contribution is 7.14. The van der Waals surface area contributed by atoms with Gasteiger partial charge in [0.15, 0.2) is 5.82 Å². The average molecular weight is 699 g/mol. The molecular weight excluding hydrogens is 649 g/mol. The van der Waals surface area contributed by atoms with E-state index in [2.05, 4.69) is 48.3 Å². The summed E-state index contributed by atoms with van der Waals surface area (Å²) >= 11 is 1.38. The number of nitrogens with zero attached hydrogens (tertiary/aromatic N) is 2. The lowest BCUT2D eigenvalue weighted by atomic mass is 9.95. The predicted octanol–water partition coefficient (Wildman–Crippen LogP) is 8.23. The van der Waals surface area contributed by atoms with Gasteiger partial charge in [-0.3, -0.25) is 9.59 Å². The van der Waals surface area contributed by atoms with Crippen molar-refractivity contribution in [3.8, 4) is 28.3 Å². The van der Waals surface area contributed by atoms with Gasteiger partial charge in [-0.2, -0.15) is 0 Å². The van der Waals surface area contributed by atoms with Crippen molar-refractivity contribution in [2.45, 2.75) is 103 Å². The Morgan fingerprint density at radius 1 is 0.780 bits per heavy atom. The zero-order valence-electron chi connectivity index (χ0n) is 29.8. The highest BCUT2D eigenvalue weighted by Gasteiger charge is 2.28. The molecule has 50 heavy (non-hydrogen) atoms. The van der Waals surface area contributed by atoms with Gasteiger partial charge in [-0.05, 0) is 53.6 Å². The fraction of sp³-hybridized carbons (Fsp3) is 0.425. The Morgan fingerprint density at radius 3 is 2.04 bits per heavy atom. The number of carbonyl (C=O) groups excluding carboxylic acids is 2. The number of carboxylic acids is 1. The maximum Gasteiger partial charge on any atom is 0.326 e. The third kappa shape index (κ3) is 11.2. The Morgan fingerprint density at radius 2 is 1.44 bits per heavy atom. The van der Waals surface area contributed by atoms with E-state index in [9.17, 15) is 19.5 Å². The van der Waals surface area contributed by atoms with E-state index in [1.54, 1.807) is 18.5 Å². The molecule has 0 saturated heterocycles. The van der Waals surface area contributed by atoms with Crippen LogP contribution in [-0.2, 0) is 21.4 Å². The number of benzene rings is 2. The minimum Gasteiger partial charge on any atom is -0.494 e. The third-order valence-corrected chi connectivity index (χ3v) is 9.90. The Labute approximate surface area is 299 Å². The molecule has 0 aliphatic heterocycles. The molecule has 10 heteroatoms. The van der Waals surface area contributed by atoms with Crippen LogP contribution < -0.4 is 15.4 Å². The highest BCUT2D eigenvalue weighted by Crippen LogP contribution is 2.29. The standard InChI is InChI=1S/C40H50N4O5S/c1-6-8-9-10-11-23-49-31-19-17-28(18-20-31)30-25-41-36(42-26-30)29-15-13-27(14-16-29)24-33(37(45)43-32(12-7-2)39(47)48)44-38(46)34-21-22-35(50-34)40(3,4)5/h13-22,25-26,32-33H,6-12,23-24H2,1-5H3,(H,43,45)(H,44,46)(H,47,48). The van der Waals surface area contributed by atoms with E-state index in [1.807, 2.05) is 61.5 Å². The number of thiophene rings is 1. The molecule has 2 unspecified atom stereocenters. The maximum atomic E-state index is 13.4. The minimum atomic E-state index is -1.11. The molecule has 2 heterocycles. The van der Waals surface area contributed by atoms with E-state index >= 15 is 0 Å². The van der Waals surface area contributed by atoms with Gasteiger partial charge in [0.1, 0.15) is 17.8 Å². The lowest BCUT2D eigenvalue weighted by Crippen LogP contribution is -2.52. The van der Waals surface area contributed by atoms with Crippen molar-refractivity contribution >= 4 is 29.1 Å². The van der Waals surface area contributed by atoms with E-state index in [-0.39, 0.29) is 24.2 Å². The van der Waals surface area contributed by atoms with Crippen LogP contribution in [0.3, 0.4) is 0 Å². The monoisotopic (exact) mass is 698 g/mol. The number of carboxylic acid groups (broad SMARTS) is 1. The lowest BCUT2D eigenvalue weighted by molar-refractivity contribution is -0.142. The van der Waals surface area contributed by atoms with Gasteiger partial charge in [0, 0.05) is 34.8 Å². The van der Waals surface area contributed by atoms with Crippen LogP contribution in [0.1, 0.15) is 99.7 Å². The van der Waals surface area contributed by atoms with Gasteiger partial charge in [0.25, 0.3) is 5.91 Å². The maximum absolute atomic E-state index is 13.4. The summed E-state index contributed by atoms with van der Waals surface area (Å²) < 4.78 is 5.89. The van der Waals surface area contributed by atoms with Gasteiger partial charge in [0.2, 0.25) is 5.91 Å². The number of unbranched alkanes of at least 4 members (excludes halogenated alkanes) is 4. The third-order valence-electron chi connectivity index (χ3n) is 8.39. The van der Waals surface area contributed by atoms with Crippen LogP contribution in [0.15, 0.2) is 73.1 Å². The first-order valence-corrected chi connectivity index (χ1v) is 18.4. The van der Waals surface area contributed by atoms with Crippen molar-refractivity contribution in [2.75, 3.05) is 6.61 Å². The van der Waals surface area contributed by atoms with Crippen molar-refractivity contribution in [1.82, 2.24) is 20.6 Å². The van der Waals surface area contributed by atoms with Gasteiger partial charge < -0.3 is 20.5 Å². The fourth-order valence-corrected chi connectivity index (χ4v) is 6.38. The zero-order valence-corrected chi connectivity index (χ0v) is 30.6. The van der Waals surface area contributed by atoms with Crippen LogP contribution in [0.25, 0.3) is 22.5 Å². The summed E-state index contributed by atoms with van der Waals surface area (Å²) in [6, 6.07) is 17.1. The predicted molar refractivity (Wildman–Crippen MR) is 200 cm³/mol. The molecule has 0 saturated carbocycles. The van der Waals surface area contributed by atoms with Crippen molar-refractivity contribution in [3.05, 3.63) is 88.4 Å². The van der Waals surface area contributed by atoms with Crippen LogP contribution in [-0.4, -0.2) is 51.5 Å². The molecule has 2 atom stereocenters. The van der Waals surface area contributed by atoms with Crippen LogP contribution >= 0.6 is 11.3 Å². The summed E-state index contributed by atoms with van der Waals surface area (Å²) in [6.07, 6.45) is 10.6. The molecular formula is C40H50N4O5S. The van der Waals surface area contributed by atoms with Crippen molar-refractivity contribution in [2.24, 2.45) is 0 Å². The summed E-state index contributed by atoms with van der Waals surface area (Å²) in [5.74, 6) is -0.620. The molecule has 0 spiro atoms. The number of rotatable bonds is 18. The second-order valence-corrected chi connectivity index (χ2v) is 14.7. The van der Waals surface area contributed by atoms with Gasteiger partial charge in [-0.1, -0.05) is 103 Å². The number of amides is 2. The molecule has 0 aliphatic carbocycles. The molecule has 9 nitrogen and oxygen atoms in total. The zero-order chi connectivity index (χ0) is 36.1. The van der Waals surface area contributed by atoms with E-state index < -0.39 is 24.0 Å². The summed E-state index contributed by atoms with van der Waals surface area (Å²) in [5.41, 5.74) is 3.36. The fourth-order valence-electron chi connectivity index (χ4n) is 5.41. The minimum absolute atomic E-state index is 0.117. The van der Waals surface area contributed by atoms with E-state index in [0.29, 0.717) is 17.1 Å². The summed E-state index contributed by atoms with van der Waals surface area (Å²) in [6.45, 7) is 11.0. The quantitative estimate of drug-likeness (QED) is 0.0893. The van der Waals surface area contributed by atoms with Crippen molar-refractivity contribution < 1.29 is 24.2 Å². The molecule has 0 aliphatic rings. The number of hydrogen-bond donors (Lipinski definition) is 3. The summed E-state index contributed by atoms with van der Waals surface area (Å²) in [4.78, 5) is 49.2. The lowest BCUT2D eigenvalue weighted by Gasteiger charge is -2.21. The van der Waals surface area contributed by atoms with E-state index in [1.165, 1.54) is 37.0 Å². The molecule has 3 N–H and O–H groups in total. The molecule has 2 aromatic heterocycles. The van der Waals surface area contributed by atoms with Crippen molar-refractivity contribution in [1.29, 1.82) is 0 Å². The number of nitrogens with one attached hydrogen (secondary N) is 2. The van der Waals surface area contributed by atoms with Crippen LogP contribution in [0, 0.1) is 0 Å². The second kappa shape index (κ2) is 18.4. The molecule has 0 fully saturated rings. The molecule has 2 aromatic carbocycles.